The van der Waals surface area contributed by atoms with Crippen LogP contribution in [0.3, 0.4) is 0 Å². The van der Waals surface area contributed by atoms with E-state index < -0.39 is 35.3 Å². The van der Waals surface area contributed by atoms with E-state index in [0.717, 1.165) is 10.6 Å². The summed E-state index contributed by atoms with van der Waals surface area (Å²) in [7, 11) is 1.33. The Bertz CT molecular complexity index is 862. The Kier molecular flexibility index (Phi) is 5.98. The molecule has 2 amide bonds. The predicted octanol–water partition coefficient (Wildman–Crippen LogP) is 3.73. The molecule has 0 radical (unpaired) electrons. The summed E-state index contributed by atoms with van der Waals surface area (Å²) >= 11 is 0. The van der Waals surface area contributed by atoms with E-state index in [2.05, 4.69) is 10.6 Å². The highest BCUT2D eigenvalue weighted by Crippen LogP contribution is 2.30. The first-order valence-corrected chi connectivity index (χ1v) is 8.49. The van der Waals surface area contributed by atoms with Gasteiger partial charge in [0.15, 0.2) is 0 Å². The predicted molar refractivity (Wildman–Crippen MR) is 96.3 cm³/mol. The molecule has 2 N–H and O–H groups in total. The van der Waals surface area contributed by atoms with Gasteiger partial charge in [0.25, 0.3) is 11.8 Å². The molecule has 2 aromatic rings. The van der Waals surface area contributed by atoms with Gasteiger partial charge in [0.1, 0.15) is 5.82 Å². The molecule has 0 aliphatic heterocycles. The van der Waals surface area contributed by atoms with Crippen LogP contribution in [0.25, 0.3) is 0 Å². The Morgan fingerprint density at radius 2 is 1.93 bits per heavy atom. The molecule has 5 nitrogen and oxygen atoms in total. The Balaban J connectivity index is 2.22. The molecule has 1 aromatic heterocycles. The first-order chi connectivity index (χ1) is 12.6. The van der Waals surface area contributed by atoms with Crippen LogP contribution >= 0.6 is 0 Å². The van der Waals surface area contributed by atoms with E-state index in [4.69, 9.17) is 0 Å². The highest BCUT2D eigenvalue weighted by atomic mass is 19.3. The van der Waals surface area contributed by atoms with E-state index in [1.54, 1.807) is 20.8 Å². The van der Waals surface area contributed by atoms with Crippen LogP contribution in [0.15, 0.2) is 30.5 Å². The van der Waals surface area contributed by atoms with Gasteiger partial charge in [-0.25, -0.2) is 4.39 Å². The number of halogens is 3. The molecule has 0 saturated carbocycles. The molecular formula is C19H22F3N3O2. The van der Waals surface area contributed by atoms with Crippen LogP contribution in [-0.2, 0) is 17.8 Å². The van der Waals surface area contributed by atoms with Gasteiger partial charge < -0.3 is 15.2 Å². The van der Waals surface area contributed by atoms with Crippen LogP contribution in [0.4, 0.5) is 18.9 Å². The van der Waals surface area contributed by atoms with E-state index >= 15 is 0 Å². The number of aryl methyl sites for hydroxylation is 2. The first-order valence-electron chi connectivity index (χ1n) is 8.49. The summed E-state index contributed by atoms with van der Waals surface area (Å²) in [5.74, 6) is -6.26. The third-order valence-corrected chi connectivity index (χ3v) is 4.28. The van der Waals surface area contributed by atoms with Crippen molar-refractivity contribution in [3.63, 3.8) is 0 Å². The van der Waals surface area contributed by atoms with E-state index in [0.29, 0.717) is 17.7 Å². The normalized spacial score (nSPS) is 12.6. The van der Waals surface area contributed by atoms with E-state index in [1.165, 1.54) is 31.4 Å². The molecule has 0 aliphatic rings. The second kappa shape index (κ2) is 7.85. The summed E-state index contributed by atoms with van der Waals surface area (Å²) in [6.45, 7) is 4.94. The van der Waals surface area contributed by atoms with Crippen molar-refractivity contribution in [1.82, 2.24) is 9.88 Å². The van der Waals surface area contributed by atoms with Crippen molar-refractivity contribution in [3.8, 4) is 0 Å². The zero-order valence-corrected chi connectivity index (χ0v) is 15.6. The van der Waals surface area contributed by atoms with Crippen molar-refractivity contribution in [2.24, 2.45) is 7.05 Å². The first kappa shape index (κ1) is 20.5. The number of carbonyl (C=O) groups excluding carboxylic acids is 2. The molecule has 1 heterocycles. The Morgan fingerprint density at radius 3 is 2.52 bits per heavy atom. The van der Waals surface area contributed by atoms with Gasteiger partial charge >= 0.3 is 5.92 Å². The number of hydrogen-bond acceptors (Lipinski definition) is 2. The molecule has 1 aromatic carbocycles. The molecule has 8 heteroatoms. The second-order valence-corrected chi connectivity index (χ2v) is 6.50. The van der Waals surface area contributed by atoms with E-state index in [-0.39, 0.29) is 5.56 Å². The summed E-state index contributed by atoms with van der Waals surface area (Å²) < 4.78 is 43.3. The lowest BCUT2D eigenvalue weighted by molar-refractivity contribution is -0.148. The molecule has 146 valence electrons. The highest BCUT2D eigenvalue weighted by molar-refractivity contribution is 6.04. The van der Waals surface area contributed by atoms with Crippen LogP contribution in [0, 0.1) is 12.7 Å². The monoisotopic (exact) mass is 381 g/mol. The number of hydrogen-bond donors (Lipinski definition) is 2. The number of anilines is 1. The SMILES string of the molecule is CC[C@H](C)NC(=O)C(F)(F)c1cc(C(=O)Nc2ccc(F)c(C)c2)cn1C. The average Bonchev–Trinajstić information content (AvgIpc) is 3.00. The molecule has 0 unspecified atom stereocenters. The summed E-state index contributed by atoms with van der Waals surface area (Å²) in [6.07, 6.45) is 1.73. The quantitative estimate of drug-likeness (QED) is 0.801. The number of aromatic nitrogens is 1. The topological polar surface area (TPSA) is 63.1 Å². The van der Waals surface area contributed by atoms with Gasteiger partial charge in [0, 0.05) is 25.0 Å². The molecule has 27 heavy (non-hydrogen) atoms. The van der Waals surface area contributed by atoms with Crippen molar-refractivity contribution in [1.29, 1.82) is 0 Å². The van der Waals surface area contributed by atoms with Crippen molar-refractivity contribution >= 4 is 17.5 Å². The van der Waals surface area contributed by atoms with Gasteiger partial charge in [-0.2, -0.15) is 8.78 Å². The van der Waals surface area contributed by atoms with Crippen molar-refractivity contribution in [2.45, 2.75) is 39.2 Å². The van der Waals surface area contributed by atoms with Crippen LogP contribution in [0.2, 0.25) is 0 Å². The summed E-state index contributed by atoms with van der Waals surface area (Å²) in [4.78, 5) is 24.2. The van der Waals surface area contributed by atoms with E-state index in [9.17, 15) is 22.8 Å². The molecule has 2 rings (SSSR count). The third-order valence-electron chi connectivity index (χ3n) is 4.28. The lowest BCUT2D eigenvalue weighted by Crippen LogP contribution is -2.43. The minimum atomic E-state index is -3.79. The fourth-order valence-corrected chi connectivity index (χ4v) is 2.46. The Morgan fingerprint density at radius 1 is 1.26 bits per heavy atom. The number of benzene rings is 1. The van der Waals surface area contributed by atoms with Crippen LogP contribution in [-0.4, -0.2) is 22.4 Å². The minimum absolute atomic E-state index is 0.0366. The van der Waals surface area contributed by atoms with Crippen molar-refractivity contribution in [2.75, 3.05) is 5.32 Å². The standard InChI is InChI=1S/C19H22F3N3O2/c1-5-12(3)23-18(27)19(21,22)16-9-13(10-25(16)4)17(26)24-14-6-7-15(20)11(2)8-14/h6-10,12H,5H2,1-4H3,(H,23,27)(H,24,26)/t12-/m0/s1. The molecule has 0 saturated heterocycles. The van der Waals surface area contributed by atoms with Crippen molar-refractivity contribution < 1.29 is 22.8 Å². The fraction of sp³-hybridized carbons (Fsp3) is 0.368. The third kappa shape index (κ3) is 4.50. The largest absolute Gasteiger partial charge is 0.364 e. The smallest absolute Gasteiger partial charge is 0.348 e. The number of alkyl halides is 2. The minimum Gasteiger partial charge on any atom is -0.348 e. The maximum atomic E-state index is 14.5. The Hall–Kier alpha value is -2.77. The number of nitrogens with zero attached hydrogens (tertiary/aromatic N) is 1. The average molecular weight is 381 g/mol. The molecule has 1 atom stereocenters. The van der Waals surface area contributed by atoms with Gasteiger partial charge in [-0.3, -0.25) is 9.59 Å². The number of rotatable bonds is 6. The van der Waals surface area contributed by atoms with Crippen LogP contribution in [0.1, 0.15) is 41.9 Å². The van der Waals surface area contributed by atoms with Crippen LogP contribution < -0.4 is 10.6 Å². The van der Waals surface area contributed by atoms with Gasteiger partial charge in [-0.1, -0.05) is 6.92 Å². The van der Waals surface area contributed by atoms with Gasteiger partial charge in [0.2, 0.25) is 0 Å². The molecule has 0 aliphatic carbocycles. The molecule has 0 fully saturated rings. The molecule has 0 spiro atoms. The maximum absolute atomic E-state index is 14.5. The summed E-state index contributed by atoms with van der Waals surface area (Å²) in [6, 6.07) is 4.59. The maximum Gasteiger partial charge on any atom is 0.364 e. The lowest BCUT2D eigenvalue weighted by atomic mass is 10.1. The lowest BCUT2D eigenvalue weighted by Gasteiger charge is -2.19. The van der Waals surface area contributed by atoms with Gasteiger partial charge in [-0.05, 0) is 50.1 Å². The second-order valence-electron chi connectivity index (χ2n) is 6.50. The highest BCUT2D eigenvalue weighted by Gasteiger charge is 2.44. The Labute approximate surface area is 155 Å². The van der Waals surface area contributed by atoms with Gasteiger partial charge in [-0.15, -0.1) is 0 Å². The molecule has 0 bridgehead atoms. The fourth-order valence-electron chi connectivity index (χ4n) is 2.46. The number of carbonyl (C=O) groups is 2. The summed E-state index contributed by atoms with van der Waals surface area (Å²) in [5.41, 5.74) is 0.0506. The van der Waals surface area contributed by atoms with Crippen LogP contribution in [0.5, 0.6) is 0 Å². The molecular weight excluding hydrogens is 359 g/mol. The number of amides is 2. The van der Waals surface area contributed by atoms with E-state index in [1.807, 2.05) is 0 Å². The number of nitrogens with one attached hydrogen (secondary N) is 2. The summed E-state index contributed by atoms with van der Waals surface area (Å²) in [5, 5.41) is 4.77. The zero-order chi connectivity index (χ0) is 20.4. The van der Waals surface area contributed by atoms with Gasteiger partial charge in [0.05, 0.1) is 11.3 Å². The zero-order valence-electron chi connectivity index (χ0n) is 15.6. The van der Waals surface area contributed by atoms with Crippen molar-refractivity contribution in [3.05, 3.63) is 53.1 Å².